The molecule has 1 saturated heterocycles. The highest BCUT2D eigenvalue weighted by atomic mass is 32.1. The molecular formula is C16H11FN2O3S. The molecule has 1 aromatic carbocycles. The molecule has 2 aromatic rings. The molecule has 0 aliphatic carbocycles. The number of anilines is 1. The summed E-state index contributed by atoms with van der Waals surface area (Å²) < 4.78 is 13.0. The first-order chi connectivity index (χ1) is 11.0. The Morgan fingerprint density at radius 3 is 2.39 bits per heavy atom. The number of hydrogen-bond acceptors (Lipinski definition) is 4. The number of hydrogen-bond donors (Lipinski definition) is 1. The van der Waals surface area contributed by atoms with E-state index >= 15 is 0 Å². The number of carbonyl (C=O) groups excluding carboxylic acids is 3. The van der Waals surface area contributed by atoms with Gasteiger partial charge in [0, 0.05) is 9.75 Å². The molecule has 1 aromatic heterocycles. The summed E-state index contributed by atoms with van der Waals surface area (Å²) in [5.74, 6) is -1.97. The first kappa shape index (κ1) is 15.1. The Morgan fingerprint density at radius 2 is 1.78 bits per heavy atom. The fraction of sp³-hybridized carbons (Fsp3) is 0.0625. The van der Waals surface area contributed by atoms with Crippen LogP contribution >= 0.6 is 11.3 Å². The van der Waals surface area contributed by atoms with Crippen LogP contribution in [0.25, 0.3) is 6.08 Å². The molecule has 0 saturated carbocycles. The number of nitrogens with zero attached hydrogens (tertiary/aromatic N) is 1. The molecule has 2 heterocycles. The van der Waals surface area contributed by atoms with Crippen LogP contribution in [0.5, 0.6) is 0 Å². The lowest BCUT2D eigenvalue weighted by molar-refractivity contribution is -0.122. The van der Waals surface area contributed by atoms with E-state index < -0.39 is 23.7 Å². The topological polar surface area (TPSA) is 66.5 Å². The summed E-state index contributed by atoms with van der Waals surface area (Å²) in [5.41, 5.74) is 0.0467. The van der Waals surface area contributed by atoms with Crippen LogP contribution in [0.4, 0.5) is 14.9 Å². The molecule has 7 heteroatoms. The Labute approximate surface area is 135 Å². The van der Waals surface area contributed by atoms with Crippen LogP contribution < -0.4 is 10.2 Å². The summed E-state index contributed by atoms with van der Waals surface area (Å²) >= 11 is 1.42. The number of halogens is 1. The van der Waals surface area contributed by atoms with Gasteiger partial charge in [-0.3, -0.25) is 14.9 Å². The predicted molar refractivity (Wildman–Crippen MR) is 84.5 cm³/mol. The van der Waals surface area contributed by atoms with Gasteiger partial charge in [0.15, 0.2) is 0 Å². The molecule has 1 aliphatic heterocycles. The standard InChI is InChI=1S/C16H11FN2O3S/c1-9-2-7-12(23-9)8-13-14(20)18-16(22)19(15(13)21)11-5-3-10(17)4-6-11/h2-8H,1H3,(H,18,20,22)/b13-8-. The van der Waals surface area contributed by atoms with Crippen molar-refractivity contribution in [3.8, 4) is 0 Å². The molecule has 23 heavy (non-hydrogen) atoms. The van der Waals surface area contributed by atoms with E-state index in [1.807, 2.05) is 13.0 Å². The quantitative estimate of drug-likeness (QED) is 0.680. The zero-order valence-corrected chi connectivity index (χ0v) is 12.8. The van der Waals surface area contributed by atoms with Crippen molar-refractivity contribution in [3.63, 3.8) is 0 Å². The number of carbonyl (C=O) groups is 3. The first-order valence-corrected chi connectivity index (χ1v) is 7.51. The minimum atomic E-state index is -0.855. The second-order valence-electron chi connectivity index (χ2n) is 4.88. The number of thiophene rings is 1. The first-order valence-electron chi connectivity index (χ1n) is 6.69. The molecule has 116 valence electrons. The molecule has 1 aliphatic rings. The minimum absolute atomic E-state index is 0.143. The molecule has 0 unspecified atom stereocenters. The molecule has 1 fully saturated rings. The van der Waals surface area contributed by atoms with Gasteiger partial charge in [0.1, 0.15) is 11.4 Å². The number of rotatable bonds is 2. The van der Waals surface area contributed by atoms with Crippen molar-refractivity contribution in [2.75, 3.05) is 4.90 Å². The third-order valence-electron chi connectivity index (χ3n) is 3.23. The van der Waals surface area contributed by atoms with Gasteiger partial charge in [-0.25, -0.2) is 14.1 Å². The molecule has 0 bridgehead atoms. The van der Waals surface area contributed by atoms with Crippen LogP contribution in [0.15, 0.2) is 42.0 Å². The molecule has 0 spiro atoms. The minimum Gasteiger partial charge on any atom is -0.273 e. The Hall–Kier alpha value is -2.80. The van der Waals surface area contributed by atoms with Crippen molar-refractivity contribution < 1.29 is 18.8 Å². The number of nitrogens with one attached hydrogen (secondary N) is 1. The second-order valence-corrected chi connectivity index (χ2v) is 6.20. The Balaban J connectivity index is 2.00. The van der Waals surface area contributed by atoms with Gasteiger partial charge in [-0.05, 0) is 49.4 Å². The molecular weight excluding hydrogens is 319 g/mol. The number of urea groups is 1. The fourth-order valence-corrected chi connectivity index (χ4v) is 2.98. The van der Waals surface area contributed by atoms with E-state index in [1.54, 1.807) is 6.07 Å². The van der Waals surface area contributed by atoms with Gasteiger partial charge in [-0.15, -0.1) is 11.3 Å². The van der Waals surface area contributed by atoms with Crippen molar-refractivity contribution in [2.24, 2.45) is 0 Å². The van der Waals surface area contributed by atoms with Crippen molar-refractivity contribution in [1.29, 1.82) is 0 Å². The summed E-state index contributed by atoms with van der Waals surface area (Å²) in [6.45, 7) is 1.91. The van der Waals surface area contributed by atoms with Crippen molar-refractivity contribution >= 4 is 40.9 Å². The Kier molecular flexibility index (Phi) is 3.79. The SMILES string of the molecule is Cc1ccc(/C=C2/C(=O)NC(=O)N(c3ccc(F)cc3)C2=O)s1. The van der Waals surface area contributed by atoms with E-state index in [0.717, 1.165) is 26.8 Å². The monoisotopic (exact) mass is 330 g/mol. The molecule has 0 radical (unpaired) electrons. The molecule has 4 amide bonds. The number of barbiturate groups is 1. The lowest BCUT2D eigenvalue weighted by Crippen LogP contribution is -2.54. The Morgan fingerprint density at radius 1 is 1.09 bits per heavy atom. The third-order valence-corrected chi connectivity index (χ3v) is 4.18. The van der Waals surface area contributed by atoms with E-state index in [1.165, 1.54) is 29.5 Å². The summed E-state index contributed by atoms with van der Waals surface area (Å²) in [5, 5.41) is 2.12. The van der Waals surface area contributed by atoms with E-state index in [4.69, 9.17) is 0 Å². The van der Waals surface area contributed by atoms with E-state index in [0.29, 0.717) is 0 Å². The number of benzene rings is 1. The lowest BCUT2D eigenvalue weighted by atomic mass is 10.1. The maximum Gasteiger partial charge on any atom is 0.335 e. The van der Waals surface area contributed by atoms with Crippen LogP contribution in [0.2, 0.25) is 0 Å². The third kappa shape index (κ3) is 2.91. The van der Waals surface area contributed by atoms with Gasteiger partial charge in [0.05, 0.1) is 5.69 Å². The van der Waals surface area contributed by atoms with Crippen LogP contribution in [-0.4, -0.2) is 17.8 Å². The zero-order chi connectivity index (χ0) is 16.6. The summed E-state index contributed by atoms with van der Waals surface area (Å²) in [6.07, 6.45) is 1.44. The highest BCUT2D eigenvalue weighted by Gasteiger charge is 2.36. The van der Waals surface area contributed by atoms with Gasteiger partial charge in [0.25, 0.3) is 11.8 Å². The lowest BCUT2D eigenvalue weighted by Gasteiger charge is -2.26. The second kappa shape index (κ2) is 5.77. The highest BCUT2D eigenvalue weighted by molar-refractivity contribution is 7.12. The van der Waals surface area contributed by atoms with Crippen LogP contribution in [0.1, 0.15) is 9.75 Å². The molecule has 3 rings (SSSR count). The summed E-state index contributed by atoms with van der Waals surface area (Å²) in [4.78, 5) is 39.0. The van der Waals surface area contributed by atoms with Gasteiger partial charge in [-0.2, -0.15) is 0 Å². The largest absolute Gasteiger partial charge is 0.335 e. The number of amides is 4. The Bertz CT molecular complexity index is 839. The van der Waals surface area contributed by atoms with Crippen molar-refractivity contribution in [2.45, 2.75) is 6.92 Å². The fourth-order valence-electron chi connectivity index (χ4n) is 2.16. The molecule has 5 nitrogen and oxygen atoms in total. The summed E-state index contributed by atoms with van der Waals surface area (Å²) in [6, 6.07) is 7.67. The van der Waals surface area contributed by atoms with Gasteiger partial charge in [-0.1, -0.05) is 0 Å². The van der Waals surface area contributed by atoms with Gasteiger partial charge in [0.2, 0.25) is 0 Å². The van der Waals surface area contributed by atoms with Gasteiger partial charge < -0.3 is 0 Å². The van der Waals surface area contributed by atoms with Crippen molar-refractivity contribution in [1.82, 2.24) is 5.32 Å². The van der Waals surface area contributed by atoms with E-state index in [9.17, 15) is 18.8 Å². The molecule has 1 N–H and O–H groups in total. The maximum absolute atomic E-state index is 13.0. The maximum atomic E-state index is 13.0. The molecule has 0 atom stereocenters. The average molecular weight is 330 g/mol. The van der Waals surface area contributed by atoms with Crippen LogP contribution in [0.3, 0.4) is 0 Å². The average Bonchev–Trinajstić information content (AvgIpc) is 2.91. The van der Waals surface area contributed by atoms with Crippen LogP contribution in [-0.2, 0) is 9.59 Å². The summed E-state index contributed by atoms with van der Waals surface area (Å²) in [7, 11) is 0. The predicted octanol–water partition coefficient (Wildman–Crippen LogP) is 2.86. The number of aryl methyl sites for hydroxylation is 1. The van der Waals surface area contributed by atoms with Crippen LogP contribution in [0, 0.1) is 12.7 Å². The zero-order valence-electron chi connectivity index (χ0n) is 12.0. The van der Waals surface area contributed by atoms with Gasteiger partial charge >= 0.3 is 6.03 Å². The van der Waals surface area contributed by atoms with E-state index in [-0.39, 0.29) is 11.3 Å². The highest BCUT2D eigenvalue weighted by Crippen LogP contribution is 2.24. The van der Waals surface area contributed by atoms with Crippen molar-refractivity contribution in [3.05, 3.63) is 57.5 Å². The van der Waals surface area contributed by atoms with E-state index in [2.05, 4.69) is 5.32 Å². The normalized spacial score (nSPS) is 16.9. The number of imide groups is 2. The smallest absolute Gasteiger partial charge is 0.273 e.